The van der Waals surface area contributed by atoms with E-state index in [1.54, 1.807) is 12.0 Å². The molecule has 1 atom stereocenters. The second-order valence-electron chi connectivity index (χ2n) is 8.82. The molecule has 6 nitrogen and oxygen atoms in total. The number of carbonyl (C=O) groups is 2. The fourth-order valence-electron chi connectivity index (χ4n) is 4.25. The maximum absolute atomic E-state index is 13.3. The molecule has 0 spiro atoms. The third kappa shape index (κ3) is 6.73. The average Bonchev–Trinajstić information content (AvgIpc) is 3.33. The number of benzene rings is 2. The van der Waals surface area contributed by atoms with E-state index in [0.29, 0.717) is 18.7 Å². The Labute approximate surface area is 197 Å². The highest BCUT2D eigenvalue weighted by atomic mass is 16.5. The number of nitrogens with one attached hydrogen (secondary N) is 1. The molecule has 1 N–H and O–H groups in total. The summed E-state index contributed by atoms with van der Waals surface area (Å²) < 4.78 is 11.1. The lowest BCUT2D eigenvalue weighted by atomic mass is 10.1. The zero-order chi connectivity index (χ0) is 23.8. The van der Waals surface area contributed by atoms with Crippen LogP contribution < -0.4 is 14.8 Å². The first kappa shape index (κ1) is 24.6. The summed E-state index contributed by atoms with van der Waals surface area (Å²) in [4.78, 5) is 28.1. The fraction of sp³-hybridized carbons (Fsp3) is 0.481. The molecule has 3 rings (SSSR count). The standard InChI is InChI=1S/C27H36N2O4/c1-5-25(27(31)28-22-8-6-7-9-22)29(17-21-11-14-23(32-4)15-12-21)26(30)18-33-24-13-10-19(2)20(3)16-24/h10-16,22,25H,5-9,17-18H2,1-4H3,(H,28,31)/t25-/m1/s1. The molecule has 178 valence electrons. The third-order valence-electron chi connectivity index (χ3n) is 6.44. The number of nitrogens with zero attached hydrogens (tertiary/aromatic N) is 1. The molecule has 0 aromatic heterocycles. The molecule has 0 aliphatic heterocycles. The molecule has 1 fully saturated rings. The molecular formula is C27H36N2O4. The van der Waals surface area contributed by atoms with E-state index in [1.165, 1.54) is 5.56 Å². The Balaban J connectivity index is 1.76. The molecule has 2 aromatic rings. The van der Waals surface area contributed by atoms with Gasteiger partial charge in [0.05, 0.1) is 7.11 Å². The van der Waals surface area contributed by atoms with E-state index in [-0.39, 0.29) is 24.5 Å². The lowest BCUT2D eigenvalue weighted by Crippen LogP contribution is -2.52. The van der Waals surface area contributed by atoms with Crippen molar-refractivity contribution in [1.29, 1.82) is 0 Å². The predicted molar refractivity (Wildman–Crippen MR) is 129 cm³/mol. The molecule has 0 bridgehead atoms. The lowest BCUT2D eigenvalue weighted by molar-refractivity contribution is -0.143. The zero-order valence-corrected chi connectivity index (χ0v) is 20.2. The quantitative estimate of drug-likeness (QED) is 0.574. The van der Waals surface area contributed by atoms with Gasteiger partial charge in [0.15, 0.2) is 6.61 Å². The normalized spacial score (nSPS) is 14.5. The number of rotatable bonds is 10. The summed E-state index contributed by atoms with van der Waals surface area (Å²) in [6, 6.07) is 13.0. The minimum absolute atomic E-state index is 0.0857. The fourth-order valence-corrected chi connectivity index (χ4v) is 4.25. The van der Waals surface area contributed by atoms with E-state index in [2.05, 4.69) is 5.32 Å². The summed E-state index contributed by atoms with van der Waals surface area (Å²) in [5, 5.41) is 3.16. The molecule has 6 heteroatoms. The summed E-state index contributed by atoms with van der Waals surface area (Å²) in [6.45, 7) is 6.20. The smallest absolute Gasteiger partial charge is 0.261 e. The predicted octanol–water partition coefficient (Wildman–Crippen LogP) is 4.56. The number of ether oxygens (including phenoxy) is 2. The Hall–Kier alpha value is -3.02. The van der Waals surface area contributed by atoms with Crippen LogP contribution >= 0.6 is 0 Å². The summed E-state index contributed by atoms with van der Waals surface area (Å²) in [5.74, 6) is 1.11. The first-order valence-electron chi connectivity index (χ1n) is 11.8. The van der Waals surface area contributed by atoms with Gasteiger partial charge in [0.1, 0.15) is 17.5 Å². The van der Waals surface area contributed by atoms with Gasteiger partial charge in [0.25, 0.3) is 5.91 Å². The van der Waals surface area contributed by atoms with Crippen molar-refractivity contribution in [1.82, 2.24) is 10.2 Å². The van der Waals surface area contributed by atoms with Gasteiger partial charge in [-0.05, 0) is 74.1 Å². The molecule has 1 aliphatic rings. The second kappa shape index (κ2) is 11.7. The van der Waals surface area contributed by atoms with Crippen LogP contribution in [0, 0.1) is 13.8 Å². The monoisotopic (exact) mass is 452 g/mol. The van der Waals surface area contributed by atoms with Gasteiger partial charge in [0, 0.05) is 12.6 Å². The topological polar surface area (TPSA) is 67.9 Å². The molecule has 1 saturated carbocycles. The van der Waals surface area contributed by atoms with Crippen molar-refractivity contribution in [3.8, 4) is 11.5 Å². The number of methoxy groups -OCH3 is 1. The highest BCUT2D eigenvalue weighted by Gasteiger charge is 2.30. The van der Waals surface area contributed by atoms with Gasteiger partial charge < -0.3 is 19.7 Å². The summed E-state index contributed by atoms with van der Waals surface area (Å²) >= 11 is 0. The second-order valence-corrected chi connectivity index (χ2v) is 8.82. The molecule has 2 amide bonds. The van der Waals surface area contributed by atoms with Crippen molar-refractivity contribution in [3.63, 3.8) is 0 Å². The number of amides is 2. The maximum Gasteiger partial charge on any atom is 0.261 e. The highest BCUT2D eigenvalue weighted by Crippen LogP contribution is 2.21. The van der Waals surface area contributed by atoms with Crippen LogP contribution in [0.4, 0.5) is 0 Å². The Kier molecular flexibility index (Phi) is 8.75. The van der Waals surface area contributed by atoms with Crippen molar-refractivity contribution in [2.45, 2.75) is 71.5 Å². The summed E-state index contributed by atoms with van der Waals surface area (Å²) in [7, 11) is 1.62. The third-order valence-corrected chi connectivity index (χ3v) is 6.44. The molecule has 1 aliphatic carbocycles. The molecule has 0 radical (unpaired) electrons. The van der Waals surface area contributed by atoms with Crippen LogP contribution in [-0.4, -0.2) is 42.5 Å². The van der Waals surface area contributed by atoms with Crippen molar-refractivity contribution < 1.29 is 19.1 Å². The lowest BCUT2D eigenvalue weighted by Gasteiger charge is -2.31. The molecular weight excluding hydrogens is 416 g/mol. The highest BCUT2D eigenvalue weighted by molar-refractivity contribution is 5.88. The average molecular weight is 453 g/mol. The van der Waals surface area contributed by atoms with E-state index in [9.17, 15) is 9.59 Å². The Bertz CT molecular complexity index is 936. The van der Waals surface area contributed by atoms with Crippen LogP contribution in [0.3, 0.4) is 0 Å². The van der Waals surface area contributed by atoms with E-state index < -0.39 is 6.04 Å². The van der Waals surface area contributed by atoms with Crippen LogP contribution in [0.25, 0.3) is 0 Å². The molecule has 0 heterocycles. The van der Waals surface area contributed by atoms with Crippen LogP contribution in [0.2, 0.25) is 0 Å². The number of hydrogen-bond donors (Lipinski definition) is 1. The number of carbonyl (C=O) groups excluding carboxylic acids is 2. The van der Waals surface area contributed by atoms with Gasteiger partial charge in [0.2, 0.25) is 5.91 Å². The van der Waals surface area contributed by atoms with Gasteiger partial charge in [-0.3, -0.25) is 9.59 Å². The number of hydrogen-bond acceptors (Lipinski definition) is 4. The zero-order valence-electron chi connectivity index (χ0n) is 20.2. The van der Waals surface area contributed by atoms with Crippen LogP contribution in [0.5, 0.6) is 11.5 Å². The van der Waals surface area contributed by atoms with Crippen molar-refractivity contribution in [3.05, 3.63) is 59.2 Å². The van der Waals surface area contributed by atoms with Gasteiger partial charge in [-0.1, -0.05) is 38.0 Å². The minimum Gasteiger partial charge on any atom is -0.497 e. The molecule has 0 saturated heterocycles. The van der Waals surface area contributed by atoms with Crippen molar-refractivity contribution in [2.24, 2.45) is 0 Å². The van der Waals surface area contributed by atoms with Gasteiger partial charge in [-0.15, -0.1) is 0 Å². The SMILES string of the molecule is CC[C@H](C(=O)NC1CCCC1)N(Cc1ccc(OC)cc1)C(=O)COc1ccc(C)c(C)c1. The van der Waals surface area contributed by atoms with Crippen LogP contribution in [-0.2, 0) is 16.1 Å². The molecule has 33 heavy (non-hydrogen) atoms. The minimum atomic E-state index is -0.552. The van der Waals surface area contributed by atoms with Crippen molar-refractivity contribution in [2.75, 3.05) is 13.7 Å². The first-order valence-corrected chi connectivity index (χ1v) is 11.8. The Morgan fingerprint density at radius 2 is 1.70 bits per heavy atom. The van der Waals surface area contributed by atoms with Crippen molar-refractivity contribution >= 4 is 11.8 Å². The number of aryl methyl sites for hydroxylation is 2. The first-order chi connectivity index (χ1) is 15.9. The Morgan fingerprint density at radius 1 is 1.03 bits per heavy atom. The maximum atomic E-state index is 13.3. The Morgan fingerprint density at radius 3 is 2.30 bits per heavy atom. The largest absolute Gasteiger partial charge is 0.497 e. The van der Waals surface area contributed by atoms with Gasteiger partial charge in [-0.25, -0.2) is 0 Å². The van der Waals surface area contributed by atoms with Gasteiger partial charge >= 0.3 is 0 Å². The van der Waals surface area contributed by atoms with Crippen LogP contribution in [0.1, 0.15) is 55.7 Å². The summed E-state index contributed by atoms with van der Waals surface area (Å²) in [6.07, 6.45) is 4.82. The van der Waals surface area contributed by atoms with E-state index in [1.807, 2.05) is 63.2 Å². The van der Waals surface area contributed by atoms with Crippen LogP contribution in [0.15, 0.2) is 42.5 Å². The summed E-state index contributed by atoms with van der Waals surface area (Å²) in [5.41, 5.74) is 3.21. The van der Waals surface area contributed by atoms with Gasteiger partial charge in [-0.2, -0.15) is 0 Å². The molecule has 0 unspecified atom stereocenters. The van der Waals surface area contributed by atoms with E-state index in [4.69, 9.17) is 9.47 Å². The molecule has 2 aromatic carbocycles. The van der Waals surface area contributed by atoms with E-state index in [0.717, 1.165) is 42.6 Å². The van der Waals surface area contributed by atoms with E-state index >= 15 is 0 Å².